The van der Waals surface area contributed by atoms with Crippen molar-refractivity contribution < 1.29 is 13.6 Å². The predicted octanol–water partition coefficient (Wildman–Crippen LogP) is 4.40. The van der Waals surface area contributed by atoms with Crippen LogP contribution in [-0.4, -0.2) is 96.1 Å². The fourth-order valence-corrected chi connectivity index (χ4v) is 6.17. The fourth-order valence-electron chi connectivity index (χ4n) is 5.95. The van der Waals surface area contributed by atoms with Gasteiger partial charge in [-0.3, -0.25) is 9.69 Å². The van der Waals surface area contributed by atoms with Gasteiger partial charge in [0.15, 0.2) is 17.5 Å². The van der Waals surface area contributed by atoms with Crippen LogP contribution in [0.2, 0.25) is 5.02 Å². The van der Waals surface area contributed by atoms with Crippen molar-refractivity contribution in [2.75, 3.05) is 68.2 Å². The molecule has 0 unspecified atom stereocenters. The predicted molar refractivity (Wildman–Crippen MR) is 168 cm³/mol. The summed E-state index contributed by atoms with van der Waals surface area (Å²) in [5.74, 6) is -1.13. The minimum Gasteiger partial charge on any atom is -0.396 e. The molecule has 1 aromatic heterocycles. The van der Waals surface area contributed by atoms with E-state index >= 15 is 4.39 Å². The molecule has 3 N–H and O–H groups in total. The number of hydrogen-bond donors (Lipinski definition) is 2. The second-order valence-corrected chi connectivity index (χ2v) is 12.4. The molecule has 3 heterocycles. The minimum atomic E-state index is -0.668. The number of nitrogens with one attached hydrogen (secondary N) is 1. The number of halogens is 3. The maximum absolute atomic E-state index is 15.9. The Morgan fingerprint density at radius 2 is 1.74 bits per heavy atom. The number of nitrogens with two attached hydrogens (primary N) is 1. The number of nitrogen functional groups attached to an aromatic ring is 1. The van der Waals surface area contributed by atoms with Gasteiger partial charge < -0.3 is 25.8 Å². The van der Waals surface area contributed by atoms with Crippen molar-refractivity contribution in [1.82, 2.24) is 24.8 Å². The fraction of sp³-hybridized carbons (Fsp3) is 0.500. The van der Waals surface area contributed by atoms with Gasteiger partial charge in [0.25, 0.3) is 5.91 Å². The lowest BCUT2D eigenvalue weighted by atomic mass is 10.0. The van der Waals surface area contributed by atoms with Gasteiger partial charge in [0, 0.05) is 49.9 Å². The Morgan fingerprint density at radius 3 is 2.40 bits per heavy atom. The molecule has 0 radical (unpaired) electrons. The zero-order valence-corrected chi connectivity index (χ0v) is 26.3. The highest BCUT2D eigenvalue weighted by molar-refractivity contribution is 6.35. The van der Waals surface area contributed by atoms with Crippen molar-refractivity contribution in [3.05, 3.63) is 52.2 Å². The lowest BCUT2D eigenvalue weighted by Gasteiger charge is -2.44. The van der Waals surface area contributed by atoms with Gasteiger partial charge in [-0.15, -0.1) is 5.10 Å². The van der Waals surface area contributed by atoms with Crippen molar-refractivity contribution in [2.24, 2.45) is 0 Å². The third-order valence-corrected chi connectivity index (χ3v) is 9.52. The van der Waals surface area contributed by atoms with Crippen molar-refractivity contribution in [2.45, 2.75) is 51.7 Å². The molecule has 0 spiro atoms. The maximum atomic E-state index is 15.9. The summed E-state index contributed by atoms with van der Waals surface area (Å²) >= 11 is 6.37. The molecule has 0 aliphatic carbocycles. The summed E-state index contributed by atoms with van der Waals surface area (Å²) in [5, 5.41) is 11.4. The van der Waals surface area contributed by atoms with E-state index in [1.165, 1.54) is 23.7 Å². The first-order chi connectivity index (χ1) is 20.3. The third-order valence-electron chi connectivity index (χ3n) is 9.03. The second kappa shape index (κ2) is 12.3. The average molecular weight is 616 g/mol. The van der Waals surface area contributed by atoms with E-state index in [-0.39, 0.29) is 39.6 Å². The lowest BCUT2D eigenvalue weighted by Crippen LogP contribution is -2.55. The molecule has 5 rings (SSSR count). The van der Waals surface area contributed by atoms with Crippen molar-refractivity contribution >= 4 is 40.4 Å². The van der Waals surface area contributed by atoms with E-state index in [1.807, 2.05) is 7.05 Å². The summed E-state index contributed by atoms with van der Waals surface area (Å²) in [6.45, 7) is 8.91. The molecule has 10 nitrogen and oxygen atoms in total. The molecule has 2 fully saturated rings. The van der Waals surface area contributed by atoms with E-state index in [0.29, 0.717) is 36.3 Å². The maximum Gasteiger partial charge on any atom is 0.257 e. The third kappa shape index (κ3) is 6.13. The summed E-state index contributed by atoms with van der Waals surface area (Å²) in [5.41, 5.74) is 6.76. The Morgan fingerprint density at radius 1 is 1.09 bits per heavy atom. The number of carbonyl (C=O) groups excluding carboxylic acids is 1. The number of hydrogen-bond acceptors (Lipinski definition) is 8. The monoisotopic (exact) mass is 615 g/mol. The van der Waals surface area contributed by atoms with Crippen LogP contribution in [0.1, 0.15) is 42.6 Å². The first-order valence-corrected chi connectivity index (χ1v) is 14.9. The number of piperidine rings is 1. The summed E-state index contributed by atoms with van der Waals surface area (Å²) in [6.07, 6.45) is 3.69. The van der Waals surface area contributed by atoms with Crippen LogP contribution in [0.5, 0.6) is 0 Å². The summed E-state index contributed by atoms with van der Waals surface area (Å²) in [6, 6.07) is 4.88. The minimum absolute atomic E-state index is 0.0257. The zero-order valence-electron chi connectivity index (χ0n) is 25.5. The van der Waals surface area contributed by atoms with E-state index in [2.05, 4.69) is 63.2 Å². The molecule has 13 heteroatoms. The summed E-state index contributed by atoms with van der Waals surface area (Å²) in [7, 11) is 6.15. The first-order valence-electron chi connectivity index (χ1n) is 14.6. The molecular weight excluding hydrogens is 576 g/mol. The van der Waals surface area contributed by atoms with Crippen molar-refractivity contribution in [3.63, 3.8) is 0 Å². The first kappa shape index (κ1) is 31.0. The number of amides is 1. The molecule has 0 bridgehead atoms. The van der Waals surface area contributed by atoms with Crippen LogP contribution < -0.4 is 20.9 Å². The highest BCUT2D eigenvalue weighted by atomic mass is 35.5. The summed E-state index contributed by atoms with van der Waals surface area (Å²) in [4.78, 5) is 22.3. The largest absolute Gasteiger partial charge is 0.396 e. The van der Waals surface area contributed by atoms with Crippen molar-refractivity contribution in [3.8, 4) is 5.69 Å². The molecule has 43 heavy (non-hydrogen) atoms. The molecule has 2 aliphatic heterocycles. The Kier molecular flexibility index (Phi) is 8.82. The Bertz CT molecular complexity index is 1500. The average Bonchev–Trinajstić information content (AvgIpc) is 3.47. The number of aromatic nitrogens is 3. The molecule has 0 saturated carbocycles. The lowest BCUT2D eigenvalue weighted by molar-refractivity contribution is 0.102. The van der Waals surface area contributed by atoms with Crippen LogP contribution in [0.3, 0.4) is 0 Å². The van der Waals surface area contributed by atoms with Gasteiger partial charge in [-0.1, -0.05) is 16.8 Å². The van der Waals surface area contributed by atoms with Gasteiger partial charge in [0.2, 0.25) is 0 Å². The van der Waals surface area contributed by atoms with E-state index in [0.717, 1.165) is 25.9 Å². The van der Waals surface area contributed by atoms with Crippen LogP contribution in [0.4, 0.5) is 31.7 Å². The van der Waals surface area contributed by atoms with Gasteiger partial charge in [0.1, 0.15) is 5.69 Å². The number of benzene rings is 2. The number of likely N-dealkylation sites (tertiary alicyclic amines) is 1. The molecule has 2 saturated heterocycles. The number of carbonyl (C=O) groups is 1. The zero-order chi connectivity index (χ0) is 31.2. The van der Waals surface area contributed by atoms with Crippen LogP contribution in [0, 0.1) is 18.6 Å². The molecule has 232 valence electrons. The van der Waals surface area contributed by atoms with Gasteiger partial charge in [-0.05, 0) is 72.9 Å². The highest BCUT2D eigenvalue weighted by Crippen LogP contribution is 2.35. The Balaban J connectivity index is 1.52. The molecule has 2 aliphatic rings. The second-order valence-electron chi connectivity index (χ2n) is 12.0. The standard InChI is InChI=1S/C30H40ClF2N9O/c1-17-14-41(15-18(2)39(17)5)26-12-22(32)25(42-16-27(36-37-42)40(6)20-7-9-38(4)10-8-20)13-24(26)35-30(43)21-11-23(34)29(33)19(3)28(21)31/h11-13,16-18,20H,7-10,14-15,34H2,1-6H3,(H,35,43)/t17-,18+. The summed E-state index contributed by atoms with van der Waals surface area (Å²) < 4.78 is 31.6. The van der Waals surface area contributed by atoms with Crippen LogP contribution >= 0.6 is 11.6 Å². The molecule has 1 amide bonds. The van der Waals surface area contributed by atoms with Gasteiger partial charge >= 0.3 is 0 Å². The van der Waals surface area contributed by atoms with Crippen LogP contribution in [-0.2, 0) is 0 Å². The topological polar surface area (TPSA) is 98.8 Å². The molecule has 2 aromatic carbocycles. The number of anilines is 4. The quantitative estimate of drug-likeness (QED) is 0.394. The van der Waals surface area contributed by atoms with Crippen LogP contribution in [0.25, 0.3) is 5.69 Å². The van der Waals surface area contributed by atoms with Gasteiger partial charge in [-0.25, -0.2) is 13.5 Å². The highest BCUT2D eigenvalue weighted by Gasteiger charge is 2.30. The van der Waals surface area contributed by atoms with Crippen LogP contribution in [0.15, 0.2) is 24.4 Å². The Hall–Kier alpha value is -3.48. The number of rotatable bonds is 6. The van der Waals surface area contributed by atoms with E-state index in [1.54, 1.807) is 12.3 Å². The van der Waals surface area contributed by atoms with Crippen molar-refractivity contribution in [1.29, 1.82) is 0 Å². The smallest absolute Gasteiger partial charge is 0.257 e. The SMILES string of the molecule is Cc1c(F)c(N)cc(C(=O)Nc2cc(-n3cc(N(C)C4CCN(C)CC4)nn3)c(F)cc2N2C[C@@H](C)N(C)[C@@H](C)C2)c1Cl. The molecular formula is C30H40ClF2N9O. The van der Waals surface area contributed by atoms with E-state index in [4.69, 9.17) is 17.3 Å². The number of piperazine rings is 1. The normalized spacial score (nSPS) is 20.4. The number of nitrogens with zero attached hydrogens (tertiary/aromatic N) is 7. The van der Waals surface area contributed by atoms with E-state index in [9.17, 15) is 9.18 Å². The molecule has 3 aromatic rings. The molecule has 2 atom stereocenters. The van der Waals surface area contributed by atoms with Gasteiger partial charge in [0.05, 0.1) is 33.8 Å². The number of likely N-dealkylation sites (N-methyl/N-ethyl adjacent to an activating group) is 1. The Labute approximate surface area is 256 Å². The van der Waals surface area contributed by atoms with Gasteiger partial charge in [-0.2, -0.15) is 0 Å². The van der Waals surface area contributed by atoms with E-state index < -0.39 is 17.5 Å².